The molecule has 5 rings (SSSR count). The monoisotopic (exact) mass is 391 g/mol. The average Bonchev–Trinajstić information content (AvgIpc) is 2.76. The molecule has 2 aliphatic heterocycles. The number of rotatable bonds is 2. The molecular formula is C24H29N3O2. The zero-order valence-corrected chi connectivity index (χ0v) is 16.8. The van der Waals surface area contributed by atoms with Crippen LogP contribution in [0.5, 0.6) is 0 Å². The summed E-state index contributed by atoms with van der Waals surface area (Å²) in [6.45, 7) is 2.13. The van der Waals surface area contributed by atoms with Gasteiger partial charge in [0.15, 0.2) is 0 Å². The van der Waals surface area contributed by atoms with Crippen molar-refractivity contribution in [3.63, 3.8) is 0 Å². The second-order valence-corrected chi connectivity index (χ2v) is 8.96. The summed E-state index contributed by atoms with van der Waals surface area (Å²) in [7, 11) is 0. The summed E-state index contributed by atoms with van der Waals surface area (Å²) in [4.78, 5) is 28.0. The number of para-hydroxylation sites is 1. The SMILES string of the molecule is O=C(Nc1ccccc1)N1C[C@H]2C[C@H](C1)c1ccc(C3CCCCC3)c(=O)n1C2. The fourth-order valence-corrected chi connectivity index (χ4v) is 5.58. The van der Waals surface area contributed by atoms with Crippen molar-refractivity contribution in [3.05, 3.63) is 64.1 Å². The number of anilines is 1. The Morgan fingerprint density at radius 3 is 2.48 bits per heavy atom. The van der Waals surface area contributed by atoms with E-state index < -0.39 is 0 Å². The Kier molecular flexibility index (Phi) is 4.90. The Hall–Kier alpha value is -2.56. The van der Waals surface area contributed by atoms with E-state index in [1.54, 1.807) is 0 Å². The lowest BCUT2D eigenvalue weighted by atomic mass is 9.81. The maximum Gasteiger partial charge on any atom is 0.321 e. The minimum atomic E-state index is -0.0412. The number of aromatic nitrogens is 1. The normalized spacial score (nSPS) is 24.1. The van der Waals surface area contributed by atoms with Crippen molar-refractivity contribution >= 4 is 11.7 Å². The quantitative estimate of drug-likeness (QED) is 0.817. The number of pyridine rings is 1. The van der Waals surface area contributed by atoms with E-state index in [2.05, 4.69) is 17.4 Å². The van der Waals surface area contributed by atoms with Crippen LogP contribution < -0.4 is 10.9 Å². The van der Waals surface area contributed by atoms with E-state index in [1.165, 1.54) is 19.3 Å². The van der Waals surface area contributed by atoms with Gasteiger partial charge in [-0.25, -0.2) is 4.79 Å². The topological polar surface area (TPSA) is 54.3 Å². The number of amides is 2. The van der Waals surface area contributed by atoms with E-state index in [0.29, 0.717) is 24.9 Å². The van der Waals surface area contributed by atoms with E-state index in [1.807, 2.05) is 39.8 Å². The number of piperidine rings is 1. The number of likely N-dealkylation sites (tertiary alicyclic amines) is 1. The molecule has 2 fully saturated rings. The van der Waals surface area contributed by atoms with Crippen LogP contribution in [0.1, 0.15) is 61.6 Å². The van der Waals surface area contributed by atoms with Gasteiger partial charge in [-0.05, 0) is 49.3 Å². The van der Waals surface area contributed by atoms with Gasteiger partial charge in [0, 0.05) is 42.5 Å². The summed E-state index contributed by atoms with van der Waals surface area (Å²) in [6, 6.07) is 13.8. The molecule has 5 heteroatoms. The van der Waals surface area contributed by atoms with Gasteiger partial charge in [0.05, 0.1) is 0 Å². The minimum absolute atomic E-state index is 0.0412. The predicted molar refractivity (Wildman–Crippen MR) is 114 cm³/mol. The Morgan fingerprint density at radius 1 is 0.897 bits per heavy atom. The van der Waals surface area contributed by atoms with Crippen molar-refractivity contribution in [1.29, 1.82) is 0 Å². The summed E-state index contributed by atoms with van der Waals surface area (Å²) in [5.74, 6) is 1.03. The summed E-state index contributed by atoms with van der Waals surface area (Å²) in [5.41, 5.74) is 3.18. The van der Waals surface area contributed by atoms with Gasteiger partial charge in [-0.15, -0.1) is 0 Å². The summed E-state index contributed by atoms with van der Waals surface area (Å²) < 4.78 is 2.04. The van der Waals surface area contributed by atoms with Gasteiger partial charge in [0.1, 0.15) is 0 Å². The van der Waals surface area contributed by atoms with Crippen molar-refractivity contribution in [2.75, 3.05) is 18.4 Å². The van der Waals surface area contributed by atoms with E-state index in [4.69, 9.17) is 0 Å². The van der Waals surface area contributed by atoms with Crippen LogP contribution in [0.3, 0.4) is 0 Å². The Balaban J connectivity index is 1.36. The molecule has 3 aliphatic rings. The van der Waals surface area contributed by atoms with Gasteiger partial charge < -0.3 is 14.8 Å². The molecule has 2 aromatic rings. The molecule has 1 saturated heterocycles. The Morgan fingerprint density at radius 2 is 1.69 bits per heavy atom. The molecule has 1 aliphatic carbocycles. The van der Waals surface area contributed by atoms with Gasteiger partial charge in [-0.3, -0.25) is 4.79 Å². The van der Waals surface area contributed by atoms with E-state index in [9.17, 15) is 9.59 Å². The van der Waals surface area contributed by atoms with Crippen molar-refractivity contribution < 1.29 is 4.79 Å². The fraction of sp³-hybridized carbons (Fsp3) is 0.500. The number of hydrogen-bond donors (Lipinski definition) is 1. The number of carbonyl (C=O) groups excluding carboxylic acids is 1. The molecule has 2 bridgehead atoms. The maximum atomic E-state index is 13.3. The van der Waals surface area contributed by atoms with Crippen LogP contribution in [0.15, 0.2) is 47.3 Å². The average molecular weight is 392 g/mol. The third kappa shape index (κ3) is 3.59. The number of nitrogens with zero attached hydrogens (tertiary/aromatic N) is 2. The van der Waals surface area contributed by atoms with Crippen LogP contribution in [-0.4, -0.2) is 28.6 Å². The molecule has 1 aromatic carbocycles. The van der Waals surface area contributed by atoms with E-state index in [0.717, 1.165) is 42.8 Å². The highest BCUT2D eigenvalue weighted by Crippen LogP contribution is 2.37. The molecule has 2 amide bonds. The molecule has 2 atom stereocenters. The number of fused-ring (bicyclic) bond motifs is 4. The smallest absolute Gasteiger partial charge is 0.321 e. The molecule has 0 radical (unpaired) electrons. The molecule has 0 spiro atoms. The van der Waals surface area contributed by atoms with Crippen LogP contribution in [0, 0.1) is 5.92 Å². The molecule has 5 nitrogen and oxygen atoms in total. The summed E-state index contributed by atoms with van der Waals surface area (Å²) in [5, 5.41) is 3.01. The van der Waals surface area contributed by atoms with Crippen LogP contribution in [0.2, 0.25) is 0 Å². The van der Waals surface area contributed by atoms with Crippen molar-refractivity contribution in [2.45, 2.75) is 56.9 Å². The summed E-state index contributed by atoms with van der Waals surface area (Å²) in [6.07, 6.45) is 7.14. The molecule has 1 N–H and O–H groups in total. The largest absolute Gasteiger partial charge is 0.324 e. The van der Waals surface area contributed by atoms with Crippen molar-refractivity contribution in [3.8, 4) is 0 Å². The first kappa shape index (κ1) is 18.5. The van der Waals surface area contributed by atoms with Gasteiger partial charge in [-0.2, -0.15) is 0 Å². The second kappa shape index (κ2) is 7.69. The summed E-state index contributed by atoms with van der Waals surface area (Å²) >= 11 is 0. The number of nitrogens with one attached hydrogen (secondary N) is 1. The van der Waals surface area contributed by atoms with Gasteiger partial charge in [0.2, 0.25) is 0 Å². The first-order chi connectivity index (χ1) is 14.2. The highest BCUT2D eigenvalue weighted by Gasteiger charge is 2.37. The van der Waals surface area contributed by atoms with E-state index in [-0.39, 0.29) is 17.5 Å². The third-order valence-electron chi connectivity index (χ3n) is 6.99. The highest BCUT2D eigenvalue weighted by molar-refractivity contribution is 5.89. The van der Waals surface area contributed by atoms with Gasteiger partial charge in [-0.1, -0.05) is 43.5 Å². The van der Waals surface area contributed by atoms with Crippen LogP contribution in [0.4, 0.5) is 10.5 Å². The Bertz CT molecular complexity index is 946. The van der Waals surface area contributed by atoms with Crippen molar-refractivity contribution in [1.82, 2.24) is 9.47 Å². The molecule has 152 valence electrons. The number of carbonyl (C=O) groups is 1. The molecule has 1 aromatic heterocycles. The molecule has 3 heterocycles. The van der Waals surface area contributed by atoms with Crippen LogP contribution in [0.25, 0.3) is 0 Å². The molecule has 0 unspecified atom stereocenters. The zero-order valence-electron chi connectivity index (χ0n) is 16.8. The van der Waals surface area contributed by atoms with Crippen molar-refractivity contribution in [2.24, 2.45) is 5.92 Å². The lowest BCUT2D eigenvalue weighted by Gasteiger charge is -2.43. The number of hydrogen-bond acceptors (Lipinski definition) is 2. The van der Waals surface area contributed by atoms with Gasteiger partial charge >= 0.3 is 6.03 Å². The highest BCUT2D eigenvalue weighted by atomic mass is 16.2. The lowest BCUT2D eigenvalue weighted by Crippen LogP contribution is -2.50. The zero-order chi connectivity index (χ0) is 19.8. The minimum Gasteiger partial charge on any atom is -0.324 e. The number of urea groups is 1. The standard InChI is InChI=1S/C24H29N3O2/c28-23-21(18-7-3-1-4-8-18)11-12-22-19-13-17(15-27(22)23)14-26(16-19)24(29)25-20-9-5-2-6-10-20/h2,5-6,9-12,17-19H,1,3-4,7-8,13-16H2,(H,25,29)/t17-,19-/m1/s1. The third-order valence-corrected chi connectivity index (χ3v) is 6.99. The lowest BCUT2D eigenvalue weighted by molar-refractivity contribution is 0.139. The maximum absolute atomic E-state index is 13.3. The van der Waals surface area contributed by atoms with Crippen LogP contribution >= 0.6 is 0 Å². The second-order valence-electron chi connectivity index (χ2n) is 8.96. The van der Waals surface area contributed by atoms with Crippen LogP contribution in [-0.2, 0) is 6.54 Å². The fourth-order valence-electron chi connectivity index (χ4n) is 5.58. The number of benzene rings is 1. The predicted octanol–water partition coefficient (Wildman–Crippen LogP) is 4.55. The molecule has 29 heavy (non-hydrogen) atoms. The van der Waals surface area contributed by atoms with E-state index >= 15 is 0 Å². The first-order valence-electron chi connectivity index (χ1n) is 11.0. The molecule has 1 saturated carbocycles. The first-order valence-corrected chi connectivity index (χ1v) is 11.0. The Labute approximate surface area is 171 Å². The molecular weight excluding hydrogens is 362 g/mol. The van der Waals surface area contributed by atoms with Gasteiger partial charge in [0.25, 0.3) is 5.56 Å².